The number of hydrogen-bond acceptors (Lipinski definition) is 3. The number of amidine groups is 1. The molecule has 0 fully saturated rings. The Hall–Kier alpha value is -0.770. The van der Waals surface area contributed by atoms with E-state index in [1.165, 1.54) is 0 Å². The van der Waals surface area contributed by atoms with Crippen molar-refractivity contribution in [1.82, 2.24) is 5.32 Å². The van der Waals surface area contributed by atoms with Crippen LogP contribution >= 0.6 is 12.4 Å². The second-order valence-electron chi connectivity index (χ2n) is 4.34. The zero-order valence-corrected chi connectivity index (χ0v) is 9.52. The van der Waals surface area contributed by atoms with Crippen LogP contribution in [0.3, 0.4) is 0 Å². The molecule has 0 aromatic heterocycles. The summed E-state index contributed by atoms with van der Waals surface area (Å²) in [4.78, 5) is 14.7. The number of hydrogen-bond donors (Lipinski definition) is 2. The maximum atomic E-state index is 10.6. The number of nitrogens with zero attached hydrogens (tertiary/aromatic N) is 1. The van der Waals surface area contributed by atoms with Crippen LogP contribution in [0.15, 0.2) is 4.99 Å². The molecule has 1 aliphatic heterocycles. The first-order chi connectivity index (χ1) is 5.88. The third-order valence-corrected chi connectivity index (χ3v) is 1.77. The SMILES string of the molecule is CC(C)(C)NC1=NC(C(=O)O)CC1.Cl. The minimum Gasteiger partial charge on any atom is -0.480 e. The molecule has 5 heteroatoms. The van der Waals surface area contributed by atoms with Crippen LogP contribution in [-0.2, 0) is 4.79 Å². The van der Waals surface area contributed by atoms with Crippen molar-refractivity contribution in [2.24, 2.45) is 4.99 Å². The number of aliphatic carboxylic acids is 1. The Morgan fingerprint density at radius 3 is 2.50 bits per heavy atom. The average molecular weight is 221 g/mol. The molecule has 0 radical (unpaired) electrons. The molecule has 1 aliphatic rings. The van der Waals surface area contributed by atoms with Crippen LogP contribution in [0.5, 0.6) is 0 Å². The fourth-order valence-corrected chi connectivity index (χ4v) is 1.30. The minimum atomic E-state index is -0.828. The van der Waals surface area contributed by atoms with Crippen molar-refractivity contribution in [1.29, 1.82) is 0 Å². The summed E-state index contributed by atoms with van der Waals surface area (Å²) < 4.78 is 0. The van der Waals surface area contributed by atoms with Crippen LogP contribution in [0.1, 0.15) is 33.6 Å². The van der Waals surface area contributed by atoms with E-state index in [1.807, 2.05) is 20.8 Å². The molecule has 82 valence electrons. The molecule has 0 aromatic carbocycles. The van der Waals surface area contributed by atoms with E-state index in [-0.39, 0.29) is 17.9 Å². The summed E-state index contributed by atoms with van der Waals surface area (Å²) in [6.45, 7) is 6.09. The molecule has 0 amide bonds. The quantitative estimate of drug-likeness (QED) is 0.703. The molecule has 1 rings (SSSR count). The summed E-state index contributed by atoms with van der Waals surface area (Å²) in [5.41, 5.74) is -0.0355. The molecule has 1 unspecified atom stereocenters. The molecule has 0 bridgehead atoms. The van der Waals surface area contributed by atoms with Crippen molar-refractivity contribution in [3.63, 3.8) is 0 Å². The average Bonchev–Trinajstić information content (AvgIpc) is 2.31. The van der Waals surface area contributed by atoms with E-state index in [2.05, 4.69) is 10.3 Å². The zero-order valence-electron chi connectivity index (χ0n) is 8.70. The molecular formula is C9H17ClN2O2. The molecule has 4 nitrogen and oxygen atoms in total. The standard InChI is InChI=1S/C9H16N2O2.ClH/c1-9(2,3)11-7-5-4-6(10-7)8(12)13;/h6H,4-5H2,1-3H3,(H,10,11)(H,12,13);1H. The molecular weight excluding hydrogens is 204 g/mol. The van der Waals surface area contributed by atoms with Crippen LogP contribution in [-0.4, -0.2) is 28.5 Å². The van der Waals surface area contributed by atoms with Gasteiger partial charge in [0.1, 0.15) is 6.04 Å². The van der Waals surface area contributed by atoms with Crippen LogP contribution in [0.25, 0.3) is 0 Å². The van der Waals surface area contributed by atoms with Gasteiger partial charge in [-0.2, -0.15) is 0 Å². The predicted octanol–water partition coefficient (Wildman–Crippen LogP) is 1.44. The monoisotopic (exact) mass is 220 g/mol. The van der Waals surface area contributed by atoms with E-state index >= 15 is 0 Å². The lowest BCUT2D eigenvalue weighted by atomic mass is 10.1. The minimum absolute atomic E-state index is 0. The van der Waals surface area contributed by atoms with Gasteiger partial charge in [0.25, 0.3) is 0 Å². The second kappa shape index (κ2) is 4.64. The van der Waals surface area contributed by atoms with Crippen LogP contribution in [0.4, 0.5) is 0 Å². The van der Waals surface area contributed by atoms with E-state index in [0.717, 1.165) is 12.3 Å². The van der Waals surface area contributed by atoms with E-state index in [4.69, 9.17) is 5.11 Å². The maximum absolute atomic E-state index is 10.6. The summed E-state index contributed by atoms with van der Waals surface area (Å²) in [5, 5.41) is 11.9. The lowest BCUT2D eigenvalue weighted by molar-refractivity contribution is -0.138. The van der Waals surface area contributed by atoms with Crippen molar-refractivity contribution in [3.8, 4) is 0 Å². The Morgan fingerprint density at radius 2 is 2.14 bits per heavy atom. The topological polar surface area (TPSA) is 61.7 Å². The number of aliphatic imine (C=N–C) groups is 1. The first-order valence-electron chi connectivity index (χ1n) is 4.46. The van der Waals surface area contributed by atoms with Crippen molar-refractivity contribution < 1.29 is 9.90 Å². The lowest BCUT2D eigenvalue weighted by Crippen LogP contribution is -2.39. The van der Waals surface area contributed by atoms with Gasteiger partial charge in [-0.15, -0.1) is 12.4 Å². The van der Waals surface area contributed by atoms with E-state index < -0.39 is 12.0 Å². The van der Waals surface area contributed by atoms with Gasteiger partial charge in [0.05, 0.1) is 5.84 Å². The van der Waals surface area contributed by atoms with Gasteiger partial charge in [0.15, 0.2) is 0 Å². The van der Waals surface area contributed by atoms with Crippen LogP contribution in [0.2, 0.25) is 0 Å². The van der Waals surface area contributed by atoms with Gasteiger partial charge in [-0.3, -0.25) is 4.99 Å². The number of halogens is 1. The molecule has 1 heterocycles. The van der Waals surface area contributed by atoms with E-state index in [1.54, 1.807) is 0 Å². The van der Waals surface area contributed by atoms with E-state index in [9.17, 15) is 4.79 Å². The van der Waals surface area contributed by atoms with Crippen molar-refractivity contribution in [2.45, 2.75) is 45.2 Å². The third kappa shape index (κ3) is 3.96. The van der Waals surface area contributed by atoms with Gasteiger partial charge in [-0.05, 0) is 27.2 Å². The second-order valence-corrected chi connectivity index (χ2v) is 4.34. The van der Waals surface area contributed by atoms with Gasteiger partial charge in [0, 0.05) is 12.0 Å². The van der Waals surface area contributed by atoms with Gasteiger partial charge in [0.2, 0.25) is 0 Å². The van der Waals surface area contributed by atoms with Crippen LogP contribution < -0.4 is 5.32 Å². The smallest absolute Gasteiger partial charge is 0.328 e. The van der Waals surface area contributed by atoms with Gasteiger partial charge in [-0.1, -0.05) is 0 Å². The van der Waals surface area contributed by atoms with Crippen molar-refractivity contribution in [3.05, 3.63) is 0 Å². The summed E-state index contributed by atoms with van der Waals surface area (Å²) in [6.07, 6.45) is 1.36. The van der Waals surface area contributed by atoms with Crippen molar-refractivity contribution >= 4 is 24.2 Å². The van der Waals surface area contributed by atoms with Gasteiger partial charge in [-0.25, -0.2) is 4.79 Å². The number of carboxylic acids is 1. The fourth-order valence-electron chi connectivity index (χ4n) is 1.30. The molecule has 2 N–H and O–H groups in total. The van der Waals surface area contributed by atoms with Gasteiger partial charge >= 0.3 is 5.97 Å². The molecule has 0 aromatic rings. The number of carbonyl (C=O) groups is 1. The highest BCUT2D eigenvalue weighted by Gasteiger charge is 2.25. The van der Waals surface area contributed by atoms with Crippen molar-refractivity contribution in [2.75, 3.05) is 0 Å². The summed E-state index contributed by atoms with van der Waals surface area (Å²) in [7, 11) is 0. The first-order valence-corrected chi connectivity index (χ1v) is 4.46. The number of rotatable bonds is 1. The highest BCUT2D eigenvalue weighted by atomic mass is 35.5. The molecule has 0 saturated carbocycles. The Labute approximate surface area is 90.2 Å². The number of carboxylic acid groups (broad SMARTS) is 1. The normalized spacial score (nSPS) is 21.1. The third-order valence-electron chi connectivity index (χ3n) is 1.77. The Balaban J connectivity index is 0.00000169. The largest absolute Gasteiger partial charge is 0.480 e. The Bertz CT molecular complexity index is 246. The molecule has 0 saturated heterocycles. The van der Waals surface area contributed by atoms with E-state index in [0.29, 0.717) is 6.42 Å². The number of nitrogens with one attached hydrogen (secondary N) is 1. The lowest BCUT2D eigenvalue weighted by Gasteiger charge is -2.21. The summed E-state index contributed by atoms with van der Waals surface area (Å²) in [5.74, 6) is -0.00870. The Morgan fingerprint density at radius 1 is 1.57 bits per heavy atom. The first kappa shape index (κ1) is 13.2. The highest BCUT2D eigenvalue weighted by molar-refractivity contribution is 5.89. The predicted molar refractivity (Wildman–Crippen MR) is 58.2 cm³/mol. The molecule has 0 aliphatic carbocycles. The zero-order chi connectivity index (χ0) is 10.1. The highest BCUT2D eigenvalue weighted by Crippen LogP contribution is 2.14. The Kier molecular flexibility index (Phi) is 4.39. The molecule has 0 spiro atoms. The van der Waals surface area contributed by atoms with Gasteiger partial charge < -0.3 is 10.4 Å². The summed E-state index contributed by atoms with van der Waals surface area (Å²) in [6, 6.07) is -0.537. The maximum Gasteiger partial charge on any atom is 0.328 e. The summed E-state index contributed by atoms with van der Waals surface area (Å²) >= 11 is 0. The van der Waals surface area contributed by atoms with Crippen LogP contribution in [0, 0.1) is 0 Å². The molecule has 14 heavy (non-hydrogen) atoms. The molecule has 1 atom stereocenters. The fraction of sp³-hybridized carbons (Fsp3) is 0.778.